The fourth-order valence-corrected chi connectivity index (χ4v) is 2.37. The molecule has 1 aliphatic rings. The molecule has 98 valence electrons. The molecule has 0 radical (unpaired) electrons. The van der Waals surface area contributed by atoms with Gasteiger partial charge in [0.15, 0.2) is 0 Å². The minimum absolute atomic E-state index is 0.00827. The Hall–Kier alpha value is -1.58. The number of carbonyl (C=O) groups excluding carboxylic acids is 1. The molecule has 4 heteroatoms. The Balaban J connectivity index is 1.96. The first kappa shape index (κ1) is 12.9. The third-order valence-corrected chi connectivity index (χ3v) is 3.65. The van der Waals surface area contributed by atoms with Crippen LogP contribution in [0.2, 0.25) is 0 Å². The molecule has 0 bridgehead atoms. The predicted octanol–water partition coefficient (Wildman–Crippen LogP) is 3.17. The normalized spacial score (nSPS) is 23.7. The second kappa shape index (κ2) is 5.38. The van der Waals surface area contributed by atoms with Crippen LogP contribution in [0.15, 0.2) is 18.2 Å². The smallest absolute Gasteiger partial charge is 0.227 e. The van der Waals surface area contributed by atoms with Gasteiger partial charge in [0.25, 0.3) is 0 Å². The van der Waals surface area contributed by atoms with Crippen LogP contribution < -0.4 is 11.1 Å². The molecule has 0 atom stereocenters. The lowest BCUT2D eigenvalue weighted by atomic mass is 9.82. The monoisotopic (exact) mass is 250 g/mol. The number of nitrogens with two attached hydrogens (primary N) is 1. The van der Waals surface area contributed by atoms with Gasteiger partial charge in [-0.3, -0.25) is 4.79 Å². The van der Waals surface area contributed by atoms with Crippen molar-refractivity contribution >= 4 is 17.3 Å². The van der Waals surface area contributed by atoms with Crippen LogP contribution in [-0.4, -0.2) is 5.91 Å². The van der Waals surface area contributed by atoms with E-state index < -0.39 is 5.82 Å². The molecule has 1 aromatic rings. The van der Waals surface area contributed by atoms with Crippen molar-refractivity contribution in [3.63, 3.8) is 0 Å². The number of hydrogen-bond acceptors (Lipinski definition) is 2. The van der Waals surface area contributed by atoms with Gasteiger partial charge in [-0.15, -0.1) is 0 Å². The highest BCUT2D eigenvalue weighted by Gasteiger charge is 2.24. The minimum atomic E-state index is -0.495. The molecule has 1 amide bonds. The third kappa shape index (κ3) is 3.00. The van der Waals surface area contributed by atoms with Crippen molar-refractivity contribution in [2.75, 3.05) is 11.1 Å². The van der Waals surface area contributed by atoms with E-state index in [4.69, 9.17) is 5.73 Å². The number of carbonyl (C=O) groups is 1. The van der Waals surface area contributed by atoms with Gasteiger partial charge >= 0.3 is 0 Å². The van der Waals surface area contributed by atoms with Gasteiger partial charge in [0.1, 0.15) is 5.82 Å². The molecule has 1 aromatic carbocycles. The van der Waals surface area contributed by atoms with Crippen LogP contribution in [0, 0.1) is 17.7 Å². The maximum Gasteiger partial charge on any atom is 0.227 e. The molecule has 18 heavy (non-hydrogen) atoms. The summed E-state index contributed by atoms with van der Waals surface area (Å²) in [5.41, 5.74) is 5.96. The van der Waals surface area contributed by atoms with E-state index in [0.29, 0.717) is 11.6 Å². The summed E-state index contributed by atoms with van der Waals surface area (Å²) in [5.74, 6) is 0.265. The van der Waals surface area contributed by atoms with Crippen molar-refractivity contribution in [3.8, 4) is 0 Å². The molecule has 0 unspecified atom stereocenters. The van der Waals surface area contributed by atoms with Gasteiger partial charge in [0.05, 0.1) is 5.69 Å². The number of anilines is 2. The highest BCUT2D eigenvalue weighted by molar-refractivity contribution is 5.92. The number of hydrogen-bond donors (Lipinski definition) is 2. The zero-order valence-electron chi connectivity index (χ0n) is 10.6. The van der Waals surface area contributed by atoms with Crippen LogP contribution in [0.5, 0.6) is 0 Å². The summed E-state index contributed by atoms with van der Waals surface area (Å²) in [6.45, 7) is 2.21. The van der Waals surface area contributed by atoms with Crippen molar-refractivity contribution in [2.24, 2.45) is 11.8 Å². The second-order valence-electron chi connectivity index (χ2n) is 5.18. The first-order valence-electron chi connectivity index (χ1n) is 6.42. The van der Waals surface area contributed by atoms with Crippen LogP contribution in [0.1, 0.15) is 32.6 Å². The summed E-state index contributed by atoms with van der Waals surface area (Å²) in [6, 6.07) is 4.36. The molecular formula is C14H19FN2O. The lowest BCUT2D eigenvalue weighted by Gasteiger charge is -2.25. The summed E-state index contributed by atoms with van der Waals surface area (Å²) in [5, 5.41) is 2.76. The quantitative estimate of drug-likeness (QED) is 0.792. The number of nitrogen functional groups attached to an aromatic ring is 1. The lowest BCUT2D eigenvalue weighted by Crippen LogP contribution is -2.26. The number of halogens is 1. The standard InChI is InChI=1S/C14H19FN2O/c1-9-2-4-10(5-3-9)14(18)17-11-6-7-13(16)12(15)8-11/h6-10H,2-5,16H2,1H3,(H,17,18). The molecule has 2 rings (SSSR count). The average molecular weight is 250 g/mol. The van der Waals surface area contributed by atoms with Gasteiger partial charge in [-0.2, -0.15) is 0 Å². The maximum absolute atomic E-state index is 13.2. The largest absolute Gasteiger partial charge is 0.396 e. The van der Waals surface area contributed by atoms with Gasteiger partial charge in [-0.1, -0.05) is 6.92 Å². The Morgan fingerprint density at radius 1 is 1.33 bits per heavy atom. The first-order chi connectivity index (χ1) is 8.56. The Morgan fingerprint density at radius 3 is 2.61 bits per heavy atom. The molecule has 3 N–H and O–H groups in total. The van der Waals surface area contributed by atoms with E-state index in [1.807, 2.05) is 0 Å². The number of rotatable bonds is 2. The van der Waals surface area contributed by atoms with Crippen LogP contribution in [0.3, 0.4) is 0 Å². The van der Waals surface area contributed by atoms with Gasteiger partial charge < -0.3 is 11.1 Å². The van der Waals surface area contributed by atoms with Crippen molar-refractivity contribution in [1.82, 2.24) is 0 Å². The van der Waals surface area contributed by atoms with E-state index in [-0.39, 0.29) is 17.5 Å². The van der Waals surface area contributed by atoms with E-state index in [0.717, 1.165) is 25.7 Å². The van der Waals surface area contributed by atoms with E-state index in [1.165, 1.54) is 12.1 Å². The highest BCUT2D eigenvalue weighted by Crippen LogP contribution is 2.29. The summed E-state index contributed by atoms with van der Waals surface area (Å²) < 4.78 is 13.2. The van der Waals surface area contributed by atoms with Crippen molar-refractivity contribution in [2.45, 2.75) is 32.6 Å². The highest BCUT2D eigenvalue weighted by atomic mass is 19.1. The Labute approximate surface area is 107 Å². The van der Waals surface area contributed by atoms with Gasteiger partial charge in [-0.25, -0.2) is 4.39 Å². The van der Waals surface area contributed by atoms with Crippen molar-refractivity contribution in [3.05, 3.63) is 24.0 Å². The van der Waals surface area contributed by atoms with Crippen LogP contribution in [-0.2, 0) is 4.79 Å². The molecule has 0 spiro atoms. The second-order valence-corrected chi connectivity index (χ2v) is 5.18. The number of nitrogens with one attached hydrogen (secondary N) is 1. The summed E-state index contributed by atoms with van der Waals surface area (Å²) in [6.07, 6.45) is 4.03. The fraction of sp³-hybridized carbons (Fsp3) is 0.500. The summed E-state index contributed by atoms with van der Waals surface area (Å²) in [7, 11) is 0. The number of amides is 1. The topological polar surface area (TPSA) is 55.1 Å². The van der Waals surface area contributed by atoms with Gasteiger partial charge in [0.2, 0.25) is 5.91 Å². The molecule has 0 heterocycles. The molecule has 1 fully saturated rings. The molecule has 1 saturated carbocycles. The Morgan fingerprint density at radius 2 is 2.00 bits per heavy atom. The predicted molar refractivity (Wildman–Crippen MR) is 70.6 cm³/mol. The molecule has 0 aromatic heterocycles. The average Bonchev–Trinajstić information content (AvgIpc) is 2.34. The molecular weight excluding hydrogens is 231 g/mol. The maximum atomic E-state index is 13.2. The van der Waals surface area contributed by atoms with E-state index in [9.17, 15) is 9.18 Å². The van der Waals surface area contributed by atoms with Crippen molar-refractivity contribution < 1.29 is 9.18 Å². The summed E-state index contributed by atoms with van der Waals surface area (Å²) >= 11 is 0. The van der Waals surface area contributed by atoms with Crippen LogP contribution in [0.4, 0.5) is 15.8 Å². The molecule has 0 saturated heterocycles. The SMILES string of the molecule is CC1CCC(C(=O)Nc2ccc(N)c(F)c2)CC1. The number of benzene rings is 1. The van der Waals surface area contributed by atoms with E-state index in [2.05, 4.69) is 12.2 Å². The van der Waals surface area contributed by atoms with Crippen LogP contribution in [0.25, 0.3) is 0 Å². The molecule has 3 nitrogen and oxygen atoms in total. The lowest BCUT2D eigenvalue weighted by molar-refractivity contribution is -0.121. The first-order valence-corrected chi connectivity index (χ1v) is 6.42. The zero-order chi connectivity index (χ0) is 13.1. The van der Waals surface area contributed by atoms with Crippen molar-refractivity contribution in [1.29, 1.82) is 0 Å². The fourth-order valence-electron chi connectivity index (χ4n) is 2.37. The van der Waals surface area contributed by atoms with E-state index >= 15 is 0 Å². The Kier molecular flexibility index (Phi) is 3.84. The van der Waals surface area contributed by atoms with Gasteiger partial charge in [0, 0.05) is 11.6 Å². The third-order valence-electron chi connectivity index (χ3n) is 3.65. The van der Waals surface area contributed by atoms with E-state index in [1.54, 1.807) is 6.07 Å². The summed E-state index contributed by atoms with van der Waals surface area (Å²) in [4.78, 5) is 12.0. The molecule has 1 aliphatic carbocycles. The molecule has 0 aliphatic heterocycles. The van der Waals surface area contributed by atoms with Crippen LogP contribution >= 0.6 is 0 Å². The van der Waals surface area contributed by atoms with Gasteiger partial charge in [-0.05, 0) is 49.8 Å². The zero-order valence-corrected chi connectivity index (χ0v) is 10.6. The Bertz CT molecular complexity index is 439. The minimum Gasteiger partial charge on any atom is -0.396 e.